The Kier molecular flexibility index (Phi) is 7.51. The molecule has 4 heterocycles. The molecule has 36 heavy (non-hydrogen) atoms. The molecule has 0 spiro atoms. The highest BCUT2D eigenvalue weighted by atomic mass is 79.9. The van der Waals surface area contributed by atoms with E-state index in [1.165, 1.54) is 0 Å². The number of ether oxygens (including phenoxy) is 1. The van der Waals surface area contributed by atoms with Gasteiger partial charge in [-0.1, -0.05) is 18.2 Å². The third kappa shape index (κ3) is 4.78. The fraction of sp³-hybridized carbons (Fsp3) is 0.393. The number of halogens is 4. The average molecular weight is 563 g/mol. The molecule has 1 aromatic heterocycles. The molecule has 4 nitrogen and oxygen atoms in total. The topological polar surface area (TPSA) is 42.4 Å². The van der Waals surface area contributed by atoms with Gasteiger partial charge in [-0.25, -0.2) is 0 Å². The zero-order valence-electron chi connectivity index (χ0n) is 20.1. The number of benzene rings is 2. The predicted molar refractivity (Wildman–Crippen MR) is 129 cm³/mol. The Balaban J connectivity index is 0.00000304. The molecule has 3 aliphatic heterocycles. The molecule has 0 saturated carbocycles. The average Bonchev–Trinajstić information content (AvgIpc) is 2.87. The van der Waals surface area contributed by atoms with E-state index in [2.05, 4.69) is 11.6 Å². The molecule has 8 heteroatoms. The minimum Gasteiger partial charge on any atom is -1.00 e. The summed E-state index contributed by atoms with van der Waals surface area (Å²) in [4.78, 5) is 4.45. The van der Waals surface area contributed by atoms with Gasteiger partial charge in [-0.15, -0.1) is 6.58 Å². The summed E-state index contributed by atoms with van der Waals surface area (Å²) in [5.41, 5.74) is 1.80. The summed E-state index contributed by atoms with van der Waals surface area (Å²) in [7, 11) is 1.61. The maximum atomic E-state index is 13.1. The van der Waals surface area contributed by atoms with E-state index in [-0.39, 0.29) is 23.0 Å². The summed E-state index contributed by atoms with van der Waals surface area (Å²) >= 11 is 0. The summed E-state index contributed by atoms with van der Waals surface area (Å²) in [6.07, 6.45) is 0.494. The van der Waals surface area contributed by atoms with Crippen molar-refractivity contribution in [3.05, 3.63) is 84.1 Å². The van der Waals surface area contributed by atoms with E-state index in [4.69, 9.17) is 4.74 Å². The van der Waals surface area contributed by atoms with Crippen molar-refractivity contribution in [1.29, 1.82) is 0 Å². The van der Waals surface area contributed by atoms with Gasteiger partial charge in [-0.2, -0.15) is 13.2 Å². The van der Waals surface area contributed by atoms with Gasteiger partial charge in [0.1, 0.15) is 24.4 Å². The summed E-state index contributed by atoms with van der Waals surface area (Å²) in [5, 5.41) is 12.7. The lowest BCUT2D eigenvalue weighted by Gasteiger charge is -2.58. The maximum Gasteiger partial charge on any atom is 0.416 e. The molecule has 4 unspecified atom stereocenters. The van der Waals surface area contributed by atoms with Crippen molar-refractivity contribution in [3.63, 3.8) is 0 Å². The molecular weight excluding hydrogens is 533 g/mol. The van der Waals surface area contributed by atoms with Crippen LogP contribution >= 0.6 is 0 Å². The van der Waals surface area contributed by atoms with Crippen LogP contribution in [0.15, 0.2) is 67.4 Å². The van der Waals surface area contributed by atoms with Gasteiger partial charge >= 0.3 is 6.18 Å². The first-order chi connectivity index (χ1) is 16.7. The zero-order chi connectivity index (χ0) is 24.8. The molecule has 3 fully saturated rings. The third-order valence-corrected chi connectivity index (χ3v) is 8.12. The van der Waals surface area contributed by atoms with Crippen LogP contribution in [0.3, 0.4) is 0 Å². The van der Waals surface area contributed by atoms with E-state index >= 15 is 0 Å². The van der Waals surface area contributed by atoms with Crippen molar-refractivity contribution in [1.82, 2.24) is 4.98 Å². The number of piperidine rings is 3. The highest BCUT2D eigenvalue weighted by molar-refractivity contribution is 5.83. The van der Waals surface area contributed by atoms with Crippen LogP contribution in [-0.4, -0.2) is 40.8 Å². The first kappa shape index (κ1) is 26.6. The predicted octanol–water partition coefficient (Wildman–Crippen LogP) is 2.91. The Labute approximate surface area is 219 Å². The van der Waals surface area contributed by atoms with E-state index < -0.39 is 17.8 Å². The molecule has 0 amide bonds. The molecule has 0 aliphatic carbocycles. The minimum absolute atomic E-state index is 0. The fourth-order valence-corrected chi connectivity index (χ4v) is 6.28. The Morgan fingerprint density at radius 1 is 1.19 bits per heavy atom. The second kappa shape index (κ2) is 10.1. The monoisotopic (exact) mass is 562 g/mol. The first-order valence-electron chi connectivity index (χ1n) is 12.0. The van der Waals surface area contributed by atoms with Gasteiger partial charge in [0.25, 0.3) is 0 Å². The van der Waals surface area contributed by atoms with E-state index in [9.17, 15) is 18.3 Å². The van der Waals surface area contributed by atoms with Crippen LogP contribution in [0.4, 0.5) is 13.2 Å². The lowest BCUT2D eigenvalue weighted by Crippen LogP contribution is -3.00. The number of aliphatic hydroxyl groups is 1. The van der Waals surface area contributed by atoms with Gasteiger partial charge in [0.15, 0.2) is 0 Å². The molecule has 1 N–H and O–H groups in total. The number of nitrogens with zero attached hydrogens (tertiary/aromatic N) is 2. The minimum atomic E-state index is -4.36. The number of fused-ring (bicyclic) bond motifs is 4. The third-order valence-electron chi connectivity index (χ3n) is 8.12. The van der Waals surface area contributed by atoms with Crippen LogP contribution in [0.5, 0.6) is 5.75 Å². The summed E-state index contributed by atoms with van der Waals surface area (Å²) in [6.45, 7) is 6.32. The van der Waals surface area contributed by atoms with E-state index in [1.807, 2.05) is 30.3 Å². The molecule has 6 rings (SSSR count). The number of aromatic nitrogens is 1. The molecular formula is C28H30BrF3N2O2. The van der Waals surface area contributed by atoms with Gasteiger partial charge in [-0.3, -0.25) is 4.98 Å². The number of methoxy groups -OCH3 is 1. The molecule has 0 radical (unpaired) electrons. The maximum absolute atomic E-state index is 13.1. The van der Waals surface area contributed by atoms with Gasteiger partial charge in [-0.05, 0) is 47.9 Å². The largest absolute Gasteiger partial charge is 1.00 e. The Morgan fingerprint density at radius 2 is 1.94 bits per heavy atom. The van der Waals surface area contributed by atoms with Gasteiger partial charge in [0.05, 0.1) is 31.3 Å². The first-order valence-corrected chi connectivity index (χ1v) is 12.0. The van der Waals surface area contributed by atoms with Crippen molar-refractivity contribution in [3.8, 4) is 5.75 Å². The normalized spacial score (nSPS) is 26.3. The van der Waals surface area contributed by atoms with Crippen molar-refractivity contribution in [2.24, 2.45) is 11.8 Å². The van der Waals surface area contributed by atoms with Crippen LogP contribution in [0.1, 0.15) is 35.6 Å². The number of alkyl halides is 3. The van der Waals surface area contributed by atoms with E-state index in [1.54, 1.807) is 25.4 Å². The molecule has 3 aliphatic rings. The highest BCUT2D eigenvalue weighted by Crippen LogP contribution is 2.48. The summed E-state index contributed by atoms with van der Waals surface area (Å²) in [5.74, 6) is 1.48. The lowest BCUT2D eigenvalue weighted by molar-refractivity contribution is -0.984. The summed E-state index contributed by atoms with van der Waals surface area (Å²) in [6, 6.07) is 12.9. The van der Waals surface area contributed by atoms with Crippen molar-refractivity contribution in [2.75, 3.05) is 20.2 Å². The van der Waals surface area contributed by atoms with Crippen LogP contribution < -0.4 is 21.7 Å². The smallest absolute Gasteiger partial charge is 0.416 e. The van der Waals surface area contributed by atoms with Crippen LogP contribution in [-0.2, 0) is 12.7 Å². The van der Waals surface area contributed by atoms with Crippen LogP contribution in [0.2, 0.25) is 0 Å². The van der Waals surface area contributed by atoms with Gasteiger partial charge in [0, 0.05) is 35.9 Å². The van der Waals surface area contributed by atoms with E-state index in [0.717, 1.165) is 60.1 Å². The van der Waals surface area contributed by atoms with Crippen molar-refractivity contribution < 1.29 is 44.5 Å². The number of hydrogen-bond acceptors (Lipinski definition) is 3. The van der Waals surface area contributed by atoms with Gasteiger partial charge in [0.2, 0.25) is 0 Å². The van der Waals surface area contributed by atoms with Crippen LogP contribution in [0, 0.1) is 11.8 Å². The number of rotatable bonds is 6. The SMILES string of the molecule is C=CC1C[N+]2(Cc3ccc(C(F)(F)F)cc3)CCC1CC2[C@H](O)c1ccnc2ccc(OC)cc12.[Br-]. The molecule has 3 aromatic rings. The number of pyridine rings is 1. The van der Waals surface area contributed by atoms with E-state index in [0.29, 0.717) is 28.6 Å². The molecule has 3 saturated heterocycles. The molecule has 192 valence electrons. The zero-order valence-corrected chi connectivity index (χ0v) is 21.7. The number of quaternary nitrogens is 1. The Bertz CT molecular complexity index is 1230. The second-order valence-corrected chi connectivity index (χ2v) is 9.96. The number of aliphatic hydroxyl groups excluding tert-OH is 1. The highest BCUT2D eigenvalue weighted by Gasteiger charge is 2.54. The van der Waals surface area contributed by atoms with Crippen LogP contribution in [0.25, 0.3) is 10.9 Å². The second-order valence-electron chi connectivity index (χ2n) is 9.96. The van der Waals surface area contributed by atoms with Gasteiger partial charge < -0.3 is 31.3 Å². The molecule has 5 atom stereocenters. The standard InChI is InChI=1S/C28H30F3N2O2.BrH/c1-3-19-17-33(16-18-4-6-21(7-5-18)28(29,30)31)13-11-20(19)14-26(33)27(34)23-10-12-32-25-9-8-22(35-2)15-24(23)25;/h3-10,12,15,19-20,26-27,34H,1,11,13-14,16-17H2,2H3;1H/q+1;/p-1/t19?,20?,26?,27-,33?;/m1./s1. The van der Waals surface area contributed by atoms with Crippen molar-refractivity contribution in [2.45, 2.75) is 37.7 Å². The fourth-order valence-electron chi connectivity index (χ4n) is 6.28. The molecule has 2 aromatic carbocycles. The summed E-state index contributed by atoms with van der Waals surface area (Å²) < 4.78 is 45.3. The quantitative estimate of drug-likeness (QED) is 0.371. The van der Waals surface area contributed by atoms with Crippen molar-refractivity contribution >= 4 is 10.9 Å². The number of hydrogen-bond donors (Lipinski definition) is 1. The molecule has 2 bridgehead atoms. The lowest BCUT2D eigenvalue weighted by atomic mass is 9.71. The Morgan fingerprint density at radius 3 is 2.61 bits per heavy atom. The Hall–Kier alpha value is -2.42.